The van der Waals surface area contributed by atoms with Crippen molar-refractivity contribution in [2.24, 2.45) is 0 Å². The van der Waals surface area contributed by atoms with E-state index in [0.29, 0.717) is 0 Å². The second kappa shape index (κ2) is 4.50. The number of nitrogens with zero attached hydrogens (tertiary/aromatic N) is 2. The first kappa shape index (κ1) is 11.1. The van der Waals surface area contributed by atoms with Gasteiger partial charge in [-0.25, -0.2) is 4.98 Å². The van der Waals surface area contributed by atoms with Crippen LogP contribution in [0, 0.1) is 5.95 Å². The number of carbonyl (C=O) groups is 2. The van der Waals surface area contributed by atoms with Crippen LogP contribution in [0.2, 0.25) is 0 Å². The Hall–Kier alpha value is -1.98. The minimum atomic E-state index is -1.14. The van der Waals surface area contributed by atoms with Crippen molar-refractivity contribution in [1.29, 1.82) is 0 Å². The maximum absolute atomic E-state index is 12.7. The van der Waals surface area contributed by atoms with Gasteiger partial charge in [-0.2, -0.15) is 4.39 Å². The second-order valence-electron chi connectivity index (χ2n) is 2.90. The fraction of sp³-hybridized carbons (Fsp3) is 0.222. The van der Waals surface area contributed by atoms with Crippen LogP contribution in [-0.4, -0.2) is 40.5 Å². The molecule has 0 aliphatic carbocycles. The number of carboxylic acid groups (broad SMARTS) is 1. The van der Waals surface area contributed by atoms with E-state index in [1.54, 1.807) is 0 Å². The van der Waals surface area contributed by atoms with E-state index < -0.39 is 24.4 Å². The molecule has 1 aromatic heterocycles. The van der Waals surface area contributed by atoms with Crippen LogP contribution in [0.1, 0.15) is 10.5 Å². The number of amides is 1. The molecule has 0 saturated carbocycles. The standard InChI is InChI=1S/C9H9FN2O3/c1-12(5-8(13)14)9(15)6-3-2-4-7(10)11-6/h2-4H,5H2,1H3,(H,13,14). The zero-order valence-electron chi connectivity index (χ0n) is 7.98. The molecule has 0 radical (unpaired) electrons. The molecule has 0 bridgehead atoms. The summed E-state index contributed by atoms with van der Waals surface area (Å²) in [5.41, 5.74) is -0.112. The first-order valence-corrected chi connectivity index (χ1v) is 4.10. The third kappa shape index (κ3) is 3.01. The van der Waals surface area contributed by atoms with Gasteiger partial charge < -0.3 is 10.0 Å². The zero-order chi connectivity index (χ0) is 11.4. The van der Waals surface area contributed by atoms with Crippen LogP contribution in [0.15, 0.2) is 18.2 Å². The normalized spacial score (nSPS) is 9.73. The van der Waals surface area contributed by atoms with Crippen molar-refractivity contribution in [1.82, 2.24) is 9.88 Å². The van der Waals surface area contributed by atoms with Crippen LogP contribution in [0.25, 0.3) is 0 Å². The van der Waals surface area contributed by atoms with E-state index in [4.69, 9.17) is 5.11 Å². The summed E-state index contributed by atoms with van der Waals surface area (Å²) in [6.45, 7) is -0.447. The summed E-state index contributed by atoms with van der Waals surface area (Å²) >= 11 is 0. The Kier molecular flexibility index (Phi) is 3.33. The van der Waals surface area contributed by atoms with Gasteiger partial charge >= 0.3 is 5.97 Å². The second-order valence-corrected chi connectivity index (χ2v) is 2.90. The molecular weight excluding hydrogens is 203 g/mol. The SMILES string of the molecule is CN(CC(=O)O)C(=O)c1cccc(F)n1. The van der Waals surface area contributed by atoms with Crippen molar-refractivity contribution >= 4 is 11.9 Å². The van der Waals surface area contributed by atoms with E-state index in [0.717, 1.165) is 11.0 Å². The summed E-state index contributed by atoms with van der Waals surface area (Å²) in [7, 11) is 1.31. The Balaban J connectivity index is 2.80. The van der Waals surface area contributed by atoms with Gasteiger partial charge in [-0.3, -0.25) is 9.59 Å². The van der Waals surface area contributed by atoms with Crippen molar-refractivity contribution in [2.45, 2.75) is 0 Å². The van der Waals surface area contributed by atoms with E-state index in [1.165, 1.54) is 19.2 Å². The lowest BCUT2D eigenvalue weighted by molar-refractivity contribution is -0.137. The van der Waals surface area contributed by atoms with Crippen LogP contribution >= 0.6 is 0 Å². The Morgan fingerprint density at radius 2 is 2.20 bits per heavy atom. The summed E-state index contributed by atoms with van der Waals surface area (Å²) in [5, 5.41) is 8.45. The first-order valence-electron chi connectivity index (χ1n) is 4.10. The number of carboxylic acids is 1. The molecule has 0 saturated heterocycles. The molecular formula is C9H9FN2O3. The van der Waals surface area contributed by atoms with Crippen LogP contribution in [-0.2, 0) is 4.79 Å². The van der Waals surface area contributed by atoms with E-state index >= 15 is 0 Å². The Bertz CT molecular complexity index is 395. The van der Waals surface area contributed by atoms with Gasteiger partial charge in [0.15, 0.2) is 0 Å². The average molecular weight is 212 g/mol. The van der Waals surface area contributed by atoms with Crippen LogP contribution in [0.5, 0.6) is 0 Å². The summed E-state index contributed by atoms with van der Waals surface area (Å²) in [4.78, 5) is 26.1. The van der Waals surface area contributed by atoms with Crippen LogP contribution in [0.3, 0.4) is 0 Å². The van der Waals surface area contributed by atoms with Gasteiger partial charge in [0.2, 0.25) is 5.95 Å². The van der Waals surface area contributed by atoms with Gasteiger partial charge in [0.1, 0.15) is 12.2 Å². The van der Waals surface area contributed by atoms with E-state index in [1.807, 2.05) is 0 Å². The lowest BCUT2D eigenvalue weighted by Crippen LogP contribution is -2.32. The van der Waals surface area contributed by atoms with Crippen molar-refractivity contribution in [2.75, 3.05) is 13.6 Å². The molecule has 0 atom stereocenters. The predicted molar refractivity (Wildman–Crippen MR) is 48.8 cm³/mol. The summed E-state index contributed by atoms with van der Waals surface area (Å²) in [6.07, 6.45) is 0. The first-order chi connectivity index (χ1) is 7.00. The van der Waals surface area contributed by atoms with Gasteiger partial charge in [0.25, 0.3) is 5.91 Å². The van der Waals surface area contributed by atoms with Crippen molar-refractivity contribution in [3.63, 3.8) is 0 Å². The minimum absolute atomic E-state index is 0.112. The number of aliphatic carboxylic acids is 1. The fourth-order valence-electron chi connectivity index (χ4n) is 0.998. The average Bonchev–Trinajstić information content (AvgIpc) is 2.15. The maximum atomic E-state index is 12.7. The molecule has 1 heterocycles. The number of rotatable bonds is 3. The molecule has 1 N–H and O–H groups in total. The van der Waals surface area contributed by atoms with Gasteiger partial charge in [-0.1, -0.05) is 6.07 Å². The number of pyridine rings is 1. The topological polar surface area (TPSA) is 70.5 Å². The van der Waals surface area contributed by atoms with Gasteiger partial charge in [-0.05, 0) is 12.1 Å². The molecule has 1 aromatic rings. The van der Waals surface area contributed by atoms with Crippen molar-refractivity contribution in [3.8, 4) is 0 Å². The monoisotopic (exact) mass is 212 g/mol. The number of aromatic nitrogens is 1. The molecule has 1 amide bonds. The molecule has 0 fully saturated rings. The van der Waals surface area contributed by atoms with Crippen molar-refractivity contribution < 1.29 is 19.1 Å². The third-order valence-corrected chi connectivity index (χ3v) is 1.65. The molecule has 0 aromatic carbocycles. The summed E-state index contributed by atoms with van der Waals surface area (Å²) < 4.78 is 12.7. The summed E-state index contributed by atoms with van der Waals surface area (Å²) in [6, 6.07) is 3.77. The molecule has 0 spiro atoms. The van der Waals surface area contributed by atoms with Crippen LogP contribution in [0.4, 0.5) is 4.39 Å². The van der Waals surface area contributed by atoms with Gasteiger partial charge in [0.05, 0.1) is 0 Å². The highest BCUT2D eigenvalue weighted by atomic mass is 19.1. The molecule has 6 heteroatoms. The van der Waals surface area contributed by atoms with Crippen molar-refractivity contribution in [3.05, 3.63) is 29.8 Å². The molecule has 5 nitrogen and oxygen atoms in total. The Morgan fingerprint density at radius 1 is 1.53 bits per heavy atom. The molecule has 1 rings (SSSR count). The van der Waals surface area contributed by atoms with Gasteiger partial charge in [0, 0.05) is 7.05 Å². The summed E-state index contributed by atoms with van der Waals surface area (Å²) in [5.74, 6) is -2.54. The van der Waals surface area contributed by atoms with E-state index in [2.05, 4.69) is 4.98 Å². The number of hydrogen-bond acceptors (Lipinski definition) is 3. The highest BCUT2D eigenvalue weighted by molar-refractivity contribution is 5.93. The molecule has 15 heavy (non-hydrogen) atoms. The zero-order valence-corrected chi connectivity index (χ0v) is 7.98. The molecule has 0 unspecified atom stereocenters. The third-order valence-electron chi connectivity index (χ3n) is 1.65. The largest absolute Gasteiger partial charge is 0.480 e. The number of halogens is 1. The Morgan fingerprint density at radius 3 is 2.73 bits per heavy atom. The van der Waals surface area contributed by atoms with E-state index in [9.17, 15) is 14.0 Å². The van der Waals surface area contributed by atoms with E-state index in [-0.39, 0.29) is 5.69 Å². The lowest BCUT2D eigenvalue weighted by atomic mass is 10.3. The predicted octanol–water partition coefficient (Wildman–Crippen LogP) is 0.377. The molecule has 0 aliphatic heterocycles. The highest BCUT2D eigenvalue weighted by Gasteiger charge is 2.15. The number of hydrogen-bond donors (Lipinski definition) is 1. The number of carbonyl (C=O) groups excluding carboxylic acids is 1. The fourth-order valence-corrected chi connectivity index (χ4v) is 0.998. The van der Waals surface area contributed by atoms with Gasteiger partial charge in [-0.15, -0.1) is 0 Å². The highest BCUT2D eigenvalue weighted by Crippen LogP contribution is 2.01. The van der Waals surface area contributed by atoms with Crippen LogP contribution < -0.4 is 0 Å². The maximum Gasteiger partial charge on any atom is 0.323 e. The lowest BCUT2D eigenvalue weighted by Gasteiger charge is -2.13. The Labute approximate surface area is 85.2 Å². The minimum Gasteiger partial charge on any atom is -0.480 e. The number of likely N-dealkylation sites (N-methyl/N-ethyl adjacent to an activating group) is 1. The smallest absolute Gasteiger partial charge is 0.323 e. The molecule has 80 valence electrons. The quantitative estimate of drug-likeness (QED) is 0.735. The molecule has 0 aliphatic rings.